The van der Waals surface area contributed by atoms with Gasteiger partial charge in [-0.2, -0.15) is 0 Å². The molecule has 0 bridgehead atoms. The van der Waals surface area contributed by atoms with Crippen molar-refractivity contribution in [3.8, 4) is 0 Å². The molecule has 0 unspecified atom stereocenters. The maximum absolute atomic E-state index is 12.1. The Bertz CT molecular complexity index is 741. The number of nitrogens with two attached hydrogens (primary N) is 1. The van der Waals surface area contributed by atoms with Crippen LogP contribution in [0.5, 0.6) is 0 Å². The highest BCUT2D eigenvalue weighted by atomic mass is 35.5. The van der Waals surface area contributed by atoms with E-state index in [4.69, 9.17) is 22.1 Å². The minimum absolute atomic E-state index is 0.194. The number of benzene rings is 2. The van der Waals surface area contributed by atoms with Gasteiger partial charge in [0.2, 0.25) is 0 Å². The monoisotopic (exact) mass is 345 g/mol. The van der Waals surface area contributed by atoms with E-state index in [2.05, 4.69) is 13.8 Å². The van der Waals surface area contributed by atoms with Crippen LogP contribution in [0.3, 0.4) is 0 Å². The molecule has 2 aromatic carbocycles. The molecule has 5 heteroatoms. The number of carbonyl (C=O) groups excluding carboxylic acids is 2. The van der Waals surface area contributed by atoms with Gasteiger partial charge >= 0.3 is 5.97 Å². The Morgan fingerprint density at radius 1 is 1.17 bits per heavy atom. The van der Waals surface area contributed by atoms with E-state index in [-0.39, 0.29) is 23.6 Å². The van der Waals surface area contributed by atoms with Crippen LogP contribution in [0.15, 0.2) is 42.5 Å². The summed E-state index contributed by atoms with van der Waals surface area (Å²) in [6.07, 6.45) is 1.04. The Morgan fingerprint density at radius 3 is 2.42 bits per heavy atom. The summed E-state index contributed by atoms with van der Waals surface area (Å²) in [6, 6.07) is 11.9. The zero-order valence-corrected chi connectivity index (χ0v) is 14.5. The molecule has 0 saturated carbocycles. The first-order chi connectivity index (χ1) is 11.4. The van der Waals surface area contributed by atoms with Gasteiger partial charge in [0.05, 0.1) is 5.56 Å². The van der Waals surface area contributed by atoms with Crippen LogP contribution in [0.1, 0.15) is 52.5 Å². The van der Waals surface area contributed by atoms with Crippen molar-refractivity contribution in [1.29, 1.82) is 0 Å². The van der Waals surface area contributed by atoms with Gasteiger partial charge < -0.3 is 10.5 Å². The molecule has 0 aromatic heterocycles. The van der Waals surface area contributed by atoms with Crippen molar-refractivity contribution in [2.45, 2.75) is 26.2 Å². The SMILES string of the molecule is CC[C@H](C)c1ccc(C(=O)COC(=O)c2ccc(Cl)cc2N)cc1. The third kappa shape index (κ3) is 4.36. The number of ether oxygens (including phenoxy) is 1. The smallest absolute Gasteiger partial charge is 0.340 e. The molecule has 2 rings (SSSR count). The fourth-order valence-corrected chi connectivity index (χ4v) is 2.43. The minimum atomic E-state index is -0.645. The molecule has 0 aliphatic rings. The van der Waals surface area contributed by atoms with Gasteiger partial charge in [0.25, 0.3) is 0 Å². The summed E-state index contributed by atoms with van der Waals surface area (Å²) >= 11 is 5.79. The quantitative estimate of drug-likeness (QED) is 0.476. The highest BCUT2D eigenvalue weighted by molar-refractivity contribution is 6.31. The van der Waals surface area contributed by atoms with E-state index in [0.717, 1.165) is 6.42 Å². The highest BCUT2D eigenvalue weighted by Gasteiger charge is 2.15. The molecule has 126 valence electrons. The Labute approximate surface area is 146 Å². The van der Waals surface area contributed by atoms with Gasteiger partial charge in [-0.25, -0.2) is 4.79 Å². The molecule has 24 heavy (non-hydrogen) atoms. The largest absolute Gasteiger partial charge is 0.454 e. The van der Waals surface area contributed by atoms with Crippen LogP contribution < -0.4 is 5.73 Å². The standard InChI is InChI=1S/C19H20ClNO3/c1-3-12(2)13-4-6-14(7-5-13)18(22)11-24-19(23)16-9-8-15(20)10-17(16)21/h4-10,12H,3,11,21H2,1-2H3/t12-/m0/s1. The number of nitrogen functional groups attached to an aromatic ring is 1. The van der Waals surface area contributed by atoms with Gasteiger partial charge in [0.1, 0.15) is 0 Å². The molecule has 0 fully saturated rings. The van der Waals surface area contributed by atoms with Crippen LogP contribution in [0, 0.1) is 0 Å². The molecule has 0 amide bonds. The van der Waals surface area contributed by atoms with Crippen molar-refractivity contribution in [2.75, 3.05) is 12.3 Å². The molecule has 0 saturated heterocycles. The Balaban J connectivity index is 1.98. The van der Waals surface area contributed by atoms with E-state index < -0.39 is 5.97 Å². The Morgan fingerprint density at radius 2 is 1.83 bits per heavy atom. The normalized spacial score (nSPS) is 11.8. The summed E-state index contributed by atoms with van der Waals surface area (Å²) in [5.41, 5.74) is 7.84. The van der Waals surface area contributed by atoms with Crippen LogP contribution in [0.25, 0.3) is 0 Å². The van der Waals surface area contributed by atoms with Crippen LogP contribution >= 0.6 is 11.6 Å². The summed E-state index contributed by atoms with van der Waals surface area (Å²) in [5, 5.41) is 0.432. The van der Waals surface area contributed by atoms with Gasteiger partial charge in [-0.15, -0.1) is 0 Å². The number of rotatable bonds is 6. The topological polar surface area (TPSA) is 69.4 Å². The summed E-state index contributed by atoms with van der Waals surface area (Å²) in [7, 11) is 0. The zero-order valence-electron chi connectivity index (χ0n) is 13.7. The summed E-state index contributed by atoms with van der Waals surface area (Å²) in [6.45, 7) is 3.92. The molecule has 2 N–H and O–H groups in total. The lowest BCUT2D eigenvalue weighted by molar-refractivity contribution is 0.0476. The number of ketones is 1. The summed E-state index contributed by atoms with van der Waals surface area (Å²) in [5.74, 6) is -0.458. The van der Waals surface area contributed by atoms with Crippen molar-refractivity contribution in [1.82, 2.24) is 0 Å². The molecule has 0 aliphatic heterocycles. The number of halogens is 1. The number of Topliss-reactive ketones (excluding diaryl/α,β-unsaturated/α-hetero) is 1. The predicted molar refractivity (Wildman–Crippen MR) is 95.6 cm³/mol. The number of esters is 1. The van der Waals surface area contributed by atoms with Crippen LogP contribution in [0.2, 0.25) is 5.02 Å². The van der Waals surface area contributed by atoms with Crippen LogP contribution in [-0.4, -0.2) is 18.4 Å². The third-order valence-electron chi connectivity index (χ3n) is 3.98. The van der Waals surface area contributed by atoms with Crippen molar-refractivity contribution >= 4 is 29.0 Å². The molecular formula is C19H20ClNO3. The maximum atomic E-state index is 12.1. The second kappa shape index (κ2) is 7.97. The van der Waals surface area contributed by atoms with E-state index in [1.54, 1.807) is 18.2 Å². The van der Waals surface area contributed by atoms with E-state index in [0.29, 0.717) is 16.5 Å². The highest BCUT2D eigenvalue weighted by Crippen LogP contribution is 2.20. The molecule has 0 radical (unpaired) electrons. The lowest BCUT2D eigenvalue weighted by atomic mass is 9.97. The Hall–Kier alpha value is -2.33. The van der Waals surface area contributed by atoms with Gasteiger partial charge in [-0.1, -0.05) is 49.7 Å². The molecule has 4 nitrogen and oxygen atoms in total. The van der Waals surface area contributed by atoms with E-state index in [1.165, 1.54) is 17.7 Å². The summed E-state index contributed by atoms with van der Waals surface area (Å²) in [4.78, 5) is 24.1. The maximum Gasteiger partial charge on any atom is 0.340 e. The molecular weight excluding hydrogens is 326 g/mol. The first-order valence-electron chi connectivity index (χ1n) is 7.77. The molecule has 0 aliphatic carbocycles. The average molecular weight is 346 g/mol. The van der Waals surface area contributed by atoms with E-state index >= 15 is 0 Å². The number of carbonyl (C=O) groups is 2. The predicted octanol–water partition coefficient (Wildman–Crippen LogP) is 4.48. The lowest BCUT2D eigenvalue weighted by Gasteiger charge is -2.10. The molecule has 1 atom stereocenters. The van der Waals surface area contributed by atoms with Crippen LogP contribution in [0.4, 0.5) is 5.69 Å². The van der Waals surface area contributed by atoms with Gasteiger partial charge in [0, 0.05) is 16.3 Å². The average Bonchev–Trinajstić information content (AvgIpc) is 2.58. The number of anilines is 1. The second-order valence-corrected chi connectivity index (χ2v) is 6.10. The van der Waals surface area contributed by atoms with E-state index in [1.807, 2.05) is 12.1 Å². The fourth-order valence-electron chi connectivity index (χ4n) is 2.24. The van der Waals surface area contributed by atoms with Crippen molar-refractivity contribution in [3.05, 3.63) is 64.2 Å². The molecule has 2 aromatic rings. The first kappa shape index (κ1) is 18.0. The van der Waals surface area contributed by atoms with Crippen molar-refractivity contribution < 1.29 is 14.3 Å². The molecule has 0 spiro atoms. The van der Waals surface area contributed by atoms with Crippen molar-refractivity contribution in [2.24, 2.45) is 0 Å². The summed E-state index contributed by atoms with van der Waals surface area (Å²) < 4.78 is 5.05. The second-order valence-electron chi connectivity index (χ2n) is 5.66. The third-order valence-corrected chi connectivity index (χ3v) is 4.22. The van der Waals surface area contributed by atoms with Gasteiger partial charge in [0.15, 0.2) is 12.4 Å². The number of hydrogen-bond donors (Lipinski definition) is 1. The van der Waals surface area contributed by atoms with E-state index in [9.17, 15) is 9.59 Å². The lowest BCUT2D eigenvalue weighted by Crippen LogP contribution is -2.15. The van der Waals surface area contributed by atoms with Crippen molar-refractivity contribution in [3.63, 3.8) is 0 Å². The van der Waals surface area contributed by atoms with Gasteiger partial charge in [-0.05, 0) is 36.1 Å². The van der Waals surface area contributed by atoms with Gasteiger partial charge in [-0.3, -0.25) is 4.79 Å². The fraction of sp³-hybridized carbons (Fsp3) is 0.263. The first-order valence-corrected chi connectivity index (χ1v) is 8.15. The minimum Gasteiger partial charge on any atom is -0.454 e. The molecule has 0 heterocycles. The zero-order chi connectivity index (χ0) is 17.7. The Kier molecular flexibility index (Phi) is 5.99. The van der Waals surface area contributed by atoms with Crippen LogP contribution in [-0.2, 0) is 4.74 Å². The number of hydrogen-bond acceptors (Lipinski definition) is 4.